The summed E-state index contributed by atoms with van der Waals surface area (Å²) >= 11 is 0. The summed E-state index contributed by atoms with van der Waals surface area (Å²) in [5.41, 5.74) is 8.98. The van der Waals surface area contributed by atoms with Crippen LogP contribution in [-0.4, -0.2) is 52.2 Å². The van der Waals surface area contributed by atoms with E-state index in [9.17, 15) is 4.79 Å². The lowest BCUT2D eigenvalue weighted by Gasteiger charge is -2.17. The molecule has 1 fully saturated rings. The van der Waals surface area contributed by atoms with Crippen molar-refractivity contribution in [1.29, 1.82) is 0 Å². The lowest BCUT2D eigenvalue weighted by Crippen LogP contribution is -2.32. The SMILES string of the molecule is COc1ccc(C2CN(C(=O)c3ccc(-c4ncn[nH]4)cc3)CC2N)cc1. The van der Waals surface area contributed by atoms with E-state index in [0.717, 1.165) is 16.9 Å². The fourth-order valence-corrected chi connectivity index (χ4v) is 3.50. The predicted molar refractivity (Wildman–Crippen MR) is 101 cm³/mol. The molecule has 3 aromatic rings. The molecule has 1 amide bonds. The minimum absolute atomic E-state index is 0.00872. The number of ether oxygens (including phenoxy) is 1. The summed E-state index contributed by atoms with van der Waals surface area (Å²) < 4.78 is 5.21. The van der Waals surface area contributed by atoms with Crippen LogP contribution in [-0.2, 0) is 0 Å². The summed E-state index contributed by atoms with van der Waals surface area (Å²) in [6.07, 6.45) is 1.46. The zero-order valence-electron chi connectivity index (χ0n) is 15.0. The largest absolute Gasteiger partial charge is 0.497 e. The molecule has 0 spiro atoms. The first-order valence-electron chi connectivity index (χ1n) is 8.80. The molecule has 7 nitrogen and oxygen atoms in total. The van der Waals surface area contributed by atoms with Gasteiger partial charge in [0, 0.05) is 36.2 Å². The van der Waals surface area contributed by atoms with Crippen LogP contribution in [0.25, 0.3) is 11.4 Å². The van der Waals surface area contributed by atoms with Crippen molar-refractivity contribution in [2.75, 3.05) is 20.2 Å². The molecule has 138 valence electrons. The van der Waals surface area contributed by atoms with E-state index < -0.39 is 0 Å². The van der Waals surface area contributed by atoms with Crippen LogP contribution in [0.3, 0.4) is 0 Å². The Morgan fingerprint density at radius 1 is 1.15 bits per heavy atom. The standard InChI is InChI=1S/C20H21N5O2/c1-27-16-8-6-13(7-9-16)17-10-25(11-18(17)21)20(26)15-4-2-14(3-5-15)19-22-12-23-24-19/h2-9,12,17-18H,10-11,21H2,1H3,(H,22,23,24). The van der Waals surface area contributed by atoms with Crippen molar-refractivity contribution >= 4 is 5.91 Å². The number of benzene rings is 2. The molecule has 2 atom stereocenters. The zero-order chi connectivity index (χ0) is 18.8. The molecule has 27 heavy (non-hydrogen) atoms. The summed E-state index contributed by atoms with van der Waals surface area (Å²) in [4.78, 5) is 18.8. The molecular weight excluding hydrogens is 342 g/mol. The lowest BCUT2D eigenvalue weighted by molar-refractivity contribution is 0.0789. The molecule has 1 aliphatic rings. The lowest BCUT2D eigenvalue weighted by atomic mass is 9.95. The second kappa shape index (κ2) is 7.20. The number of hydrogen-bond acceptors (Lipinski definition) is 5. The Balaban J connectivity index is 1.47. The molecule has 2 heterocycles. The predicted octanol–water partition coefficient (Wildman–Crippen LogP) is 2.05. The van der Waals surface area contributed by atoms with E-state index in [1.165, 1.54) is 6.33 Å². The van der Waals surface area contributed by atoms with Crippen molar-refractivity contribution in [2.45, 2.75) is 12.0 Å². The van der Waals surface area contributed by atoms with Crippen molar-refractivity contribution in [3.05, 3.63) is 66.0 Å². The second-order valence-corrected chi connectivity index (χ2v) is 6.67. The van der Waals surface area contributed by atoms with Gasteiger partial charge in [0.2, 0.25) is 0 Å². The smallest absolute Gasteiger partial charge is 0.253 e. The number of likely N-dealkylation sites (tertiary alicyclic amines) is 1. The molecular formula is C20H21N5O2. The number of nitrogens with one attached hydrogen (secondary N) is 1. The third-order valence-corrected chi connectivity index (χ3v) is 5.02. The van der Waals surface area contributed by atoms with E-state index in [1.54, 1.807) is 7.11 Å². The maximum absolute atomic E-state index is 12.9. The fraction of sp³-hybridized carbons (Fsp3) is 0.250. The van der Waals surface area contributed by atoms with Gasteiger partial charge in [0.15, 0.2) is 5.82 Å². The van der Waals surface area contributed by atoms with Crippen LogP contribution in [0.15, 0.2) is 54.9 Å². The van der Waals surface area contributed by atoms with Crippen LogP contribution in [0.2, 0.25) is 0 Å². The molecule has 7 heteroatoms. The van der Waals surface area contributed by atoms with Gasteiger partial charge in [-0.15, -0.1) is 0 Å². The first kappa shape index (κ1) is 17.2. The summed E-state index contributed by atoms with van der Waals surface area (Å²) in [7, 11) is 1.64. The first-order chi connectivity index (χ1) is 13.2. The number of carbonyl (C=O) groups is 1. The van der Waals surface area contributed by atoms with E-state index in [0.29, 0.717) is 24.5 Å². The molecule has 3 N–H and O–H groups in total. The Bertz CT molecular complexity index is 907. The topological polar surface area (TPSA) is 97.1 Å². The summed E-state index contributed by atoms with van der Waals surface area (Å²) in [5, 5.41) is 6.66. The van der Waals surface area contributed by atoms with Crippen molar-refractivity contribution in [2.24, 2.45) is 5.73 Å². The van der Waals surface area contributed by atoms with Gasteiger partial charge < -0.3 is 15.4 Å². The Morgan fingerprint density at radius 2 is 1.89 bits per heavy atom. The summed E-state index contributed by atoms with van der Waals surface area (Å²) in [5.74, 6) is 1.60. The highest BCUT2D eigenvalue weighted by molar-refractivity contribution is 5.95. The van der Waals surface area contributed by atoms with Gasteiger partial charge in [-0.25, -0.2) is 4.98 Å². The van der Waals surface area contributed by atoms with Crippen LogP contribution in [0.1, 0.15) is 21.8 Å². The Morgan fingerprint density at radius 3 is 2.52 bits per heavy atom. The average Bonchev–Trinajstić information content (AvgIpc) is 3.38. The quantitative estimate of drug-likeness (QED) is 0.739. The van der Waals surface area contributed by atoms with Gasteiger partial charge in [0.05, 0.1) is 7.11 Å². The minimum atomic E-state index is -0.0872. The minimum Gasteiger partial charge on any atom is -0.497 e. The molecule has 0 saturated carbocycles. The van der Waals surface area contributed by atoms with Gasteiger partial charge in [-0.3, -0.25) is 9.89 Å². The number of nitrogens with zero attached hydrogens (tertiary/aromatic N) is 3. The highest BCUT2D eigenvalue weighted by Gasteiger charge is 2.34. The number of nitrogens with two attached hydrogens (primary N) is 1. The Kier molecular flexibility index (Phi) is 4.60. The average molecular weight is 363 g/mol. The van der Waals surface area contributed by atoms with Crippen molar-refractivity contribution in [3.8, 4) is 17.1 Å². The number of H-pyrrole nitrogens is 1. The van der Waals surface area contributed by atoms with Crippen LogP contribution >= 0.6 is 0 Å². The summed E-state index contributed by atoms with van der Waals surface area (Å²) in [6, 6.07) is 15.2. The molecule has 0 bridgehead atoms. The van der Waals surface area contributed by atoms with Gasteiger partial charge in [0.25, 0.3) is 5.91 Å². The van der Waals surface area contributed by atoms with Gasteiger partial charge in [-0.1, -0.05) is 24.3 Å². The monoisotopic (exact) mass is 363 g/mol. The number of hydrogen-bond donors (Lipinski definition) is 2. The van der Waals surface area contributed by atoms with Gasteiger partial charge >= 0.3 is 0 Å². The van der Waals surface area contributed by atoms with Crippen LogP contribution in [0.4, 0.5) is 0 Å². The fourth-order valence-electron chi connectivity index (χ4n) is 3.50. The molecule has 0 radical (unpaired) electrons. The molecule has 2 aromatic carbocycles. The van der Waals surface area contributed by atoms with Gasteiger partial charge in [0.1, 0.15) is 12.1 Å². The maximum atomic E-state index is 12.9. The highest BCUT2D eigenvalue weighted by Crippen LogP contribution is 2.29. The molecule has 1 aromatic heterocycles. The number of rotatable bonds is 4. The van der Waals surface area contributed by atoms with Crippen molar-refractivity contribution < 1.29 is 9.53 Å². The van der Waals surface area contributed by atoms with E-state index in [-0.39, 0.29) is 17.9 Å². The normalized spacial score (nSPS) is 19.3. The number of aromatic amines is 1. The highest BCUT2D eigenvalue weighted by atomic mass is 16.5. The van der Waals surface area contributed by atoms with Crippen LogP contribution in [0, 0.1) is 0 Å². The Labute approximate surface area is 157 Å². The van der Waals surface area contributed by atoms with Crippen LogP contribution < -0.4 is 10.5 Å². The molecule has 1 saturated heterocycles. The molecule has 0 aliphatic carbocycles. The first-order valence-corrected chi connectivity index (χ1v) is 8.80. The third-order valence-electron chi connectivity index (χ3n) is 5.02. The number of amides is 1. The molecule has 1 aliphatic heterocycles. The Hall–Kier alpha value is -3.19. The number of aromatic nitrogens is 3. The van der Waals surface area contributed by atoms with Gasteiger partial charge in [-0.05, 0) is 29.8 Å². The third kappa shape index (κ3) is 3.41. The van der Waals surface area contributed by atoms with Crippen molar-refractivity contribution in [1.82, 2.24) is 20.1 Å². The number of carbonyl (C=O) groups excluding carboxylic acids is 1. The maximum Gasteiger partial charge on any atom is 0.253 e. The van der Waals surface area contributed by atoms with E-state index in [4.69, 9.17) is 10.5 Å². The van der Waals surface area contributed by atoms with Gasteiger partial charge in [-0.2, -0.15) is 5.10 Å². The second-order valence-electron chi connectivity index (χ2n) is 6.67. The number of methoxy groups -OCH3 is 1. The molecule has 2 unspecified atom stereocenters. The van der Waals surface area contributed by atoms with E-state index in [1.807, 2.05) is 53.4 Å². The zero-order valence-corrected chi connectivity index (χ0v) is 15.0. The summed E-state index contributed by atoms with van der Waals surface area (Å²) in [6.45, 7) is 1.15. The molecule has 4 rings (SSSR count). The van der Waals surface area contributed by atoms with Crippen molar-refractivity contribution in [3.63, 3.8) is 0 Å². The van der Waals surface area contributed by atoms with E-state index in [2.05, 4.69) is 15.2 Å². The van der Waals surface area contributed by atoms with Crippen LogP contribution in [0.5, 0.6) is 5.75 Å². The van der Waals surface area contributed by atoms with E-state index >= 15 is 0 Å².